The fraction of sp³-hybridized carbons (Fsp3) is 0.562. The van der Waals surface area contributed by atoms with Gasteiger partial charge in [-0.05, 0) is 37.0 Å². The Labute approximate surface area is 119 Å². The van der Waals surface area contributed by atoms with Gasteiger partial charge < -0.3 is 14.8 Å². The van der Waals surface area contributed by atoms with Crippen LogP contribution in [0.25, 0.3) is 0 Å². The Morgan fingerprint density at radius 3 is 2.80 bits per heavy atom. The molecule has 1 aromatic carbocycles. The maximum atomic E-state index is 11.9. The lowest BCUT2D eigenvalue weighted by atomic mass is 9.95. The van der Waals surface area contributed by atoms with Crippen molar-refractivity contribution in [3.8, 4) is 11.5 Å². The van der Waals surface area contributed by atoms with E-state index >= 15 is 0 Å². The highest BCUT2D eigenvalue weighted by molar-refractivity contribution is 5.78. The van der Waals surface area contributed by atoms with Gasteiger partial charge in [-0.2, -0.15) is 0 Å². The van der Waals surface area contributed by atoms with E-state index < -0.39 is 0 Å². The van der Waals surface area contributed by atoms with Crippen LogP contribution in [0.4, 0.5) is 0 Å². The fourth-order valence-electron chi connectivity index (χ4n) is 2.56. The normalized spacial score (nSPS) is 19.5. The molecule has 0 bridgehead atoms. The Morgan fingerprint density at radius 2 is 2.10 bits per heavy atom. The summed E-state index contributed by atoms with van der Waals surface area (Å²) in [6.45, 7) is 5.02. The average Bonchev–Trinajstić information content (AvgIpc) is 3.12. The molecule has 20 heavy (non-hydrogen) atoms. The third-order valence-electron chi connectivity index (χ3n) is 4.50. The molecule has 1 fully saturated rings. The van der Waals surface area contributed by atoms with Gasteiger partial charge >= 0.3 is 0 Å². The topological polar surface area (TPSA) is 47.6 Å². The summed E-state index contributed by atoms with van der Waals surface area (Å²) in [5.41, 5.74) is 1.34. The van der Waals surface area contributed by atoms with Crippen molar-refractivity contribution >= 4 is 5.91 Å². The summed E-state index contributed by atoms with van der Waals surface area (Å²) in [6.07, 6.45) is 3.11. The molecular formula is C16H21NO3. The van der Waals surface area contributed by atoms with E-state index in [-0.39, 0.29) is 17.2 Å². The summed E-state index contributed by atoms with van der Waals surface area (Å²) in [4.78, 5) is 11.9. The van der Waals surface area contributed by atoms with Gasteiger partial charge in [-0.1, -0.05) is 19.9 Å². The minimum Gasteiger partial charge on any atom is -0.454 e. The average molecular weight is 275 g/mol. The number of hydrogen-bond acceptors (Lipinski definition) is 3. The highest BCUT2D eigenvalue weighted by Gasteiger charge is 2.45. The largest absolute Gasteiger partial charge is 0.454 e. The van der Waals surface area contributed by atoms with Gasteiger partial charge in [-0.3, -0.25) is 4.79 Å². The molecule has 1 amide bonds. The second-order valence-electron chi connectivity index (χ2n) is 5.88. The number of carbonyl (C=O) groups is 1. The summed E-state index contributed by atoms with van der Waals surface area (Å²) in [7, 11) is 0. The van der Waals surface area contributed by atoms with Crippen LogP contribution in [-0.2, 0) is 10.2 Å². The van der Waals surface area contributed by atoms with Gasteiger partial charge in [0.2, 0.25) is 12.7 Å². The molecule has 108 valence electrons. The first-order chi connectivity index (χ1) is 9.64. The van der Waals surface area contributed by atoms with Crippen LogP contribution in [0.1, 0.15) is 38.7 Å². The molecule has 1 aliphatic heterocycles. The minimum absolute atomic E-state index is 0.0857. The second kappa shape index (κ2) is 5.00. The van der Waals surface area contributed by atoms with Crippen LogP contribution < -0.4 is 14.8 Å². The maximum Gasteiger partial charge on any atom is 0.231 e. The molecule has 0 saturated heterocycles. The molecule has 0 radical (unpaired) electrons. The van der Waals surface area contributed by atoms with Crippen molar-refractivity contribution in [3.05, 3.63) is 23.8 Å². The molecule has 1 heterocycles. The van der Waals surface area contributed by atoms with Crippen molar-refractivity contribution in [2.24, 2.45) is 5.92 Å². The molecule has 1 unspecified atom stereocenters. The first-order valence-corrected chi connectivity index (χ1v) is 7.32. The number of amides is 1. The summed E-state index contributed by atoms with van der Waals surface area (Å²) in [5.74, 6) is 1.87. The van der Waals surface area contributed by atoms with E-state index in [1.807, 2.05) is 19.9 Å². The lowest BCUT2D eigenvalue weighted by Gasteiger charge is -2.18. The quantitative estimate of drug-likeness (QED) is 0.898. The highest BCUT2D eigenvalue weighted by atomic mass is 16.7. The van der Waals surface area contributed by atoms with Gasteiger partial charge in [-0.15, -0.1) is 0 Å². The van der Waals surface area contributed by atoms with Crippen LogP contribution in [-0.4, -0.2) is 19.2 Å². The van der Waals surface area contributed by atoms with Crippen molar-refractivity contribution in [2.75, 3.05) is 13.3 Å². The zero-order valence-corrected chi connectivity index (χ0v) is 12.1. The van der Waals surface area contributed by atoms with Gasteiger partial charge in [0, 0.05) is 17.9 Å². The molecule has 0 aromatic heterocycles. The Hall–Kier alpha value is -1.71. The first-order valence-electron chi connectivity index (χ1n) is 7.32. The van der Waals surface area contributed by atoms with Gasteiger partial charge in [-0.25, -0.2) is 0 Å². The SMILES string of the molecule is CCC(C)C(=O)NCC1(c2ccc3c(c2)OCO3)CC1. The number of rotatable bonds is 5. The predicted molar refractivity (Wildman–Crippen MR) is 75.9 cm³/mol. The number of benzene rings is 1. The predicted octanol–water partition coefficient (Wildman–Crippen LogP) is 2.61. The number of ether oxygens (including phenoxy) is 2. The fourth-order valence-corrected chi connectivity index (χ4v) is 2.56. The Balaban J connectivity index is 1.68. The molecule has 1 aliphatic carbocycles. The van der Waals surface area contributed by atoms with Gasteiger partial charge in [0.25, 0.3) is 0 Å². The zero-order chi connectivity index (χ0) is 14.2. The molecule has 4 nitrogen and oxygen atoms in total. The van der Waals surface area contributed by atoms with Gasteiger partial charge in [0.15, 0.2) is 11.5 Å². The standard InChI is InChI=1S/C16H21NO3/c1-3-11(2)15(18)17-9-16(6-7-16)12-4-5-13-14(8-12)20-10-19-13/h4-5,8,11H,3,6-7,9-10H2,1-2H3,(H,17,18). The van der Waals surface area contributed by atoms with Crippen molar-refractivity contribution in [2.45, 2.75) is 38.5 Å². The molecule has 3 rings (SSSR count). The number of hydrogen-bond donors (Lipinski definition) is 1. The van der Waals surface area contributed by atoms with Gasteiger partial charge in [0.05, 0.1) is 0 Å². The van der Waals surface area contributed by atoms with E-state index in [0.717, 1.165) is 37.3 Å². The highest BCUT2D eigenvalue weighted by Crippen LogP contribution is 2.49. The lowest BCUT2D eigenvalue weighted by Crippen LogP contribution is -2.35. The summed E-state index contributed by atoms with van der Waals surface area (Å²) in [6, 6.07) is 6.12. The minimum atomic E-state index is 0.0857. The maximum absolute atomic E-state index is 11.9. The van der Waals surface area contributed by atoms with Gasteiger partial charge in [0.1, 0.15) is 0 Å². The zero-order valence-electron chi connectivity index (χ0n) is 12.1. The third-order valence-corrected chi connectivity index (χ3v) is 4.50. The van der Waals surface area contributed by atoms with E-state index in [1.165, 1.54) is 5.56 Å². The monoisotopic (exact) mass is 275 g/mol. The smallest absolute Gasteiger partial charge is 0.231 e. The summed E-state index contributed by atoms with van der Waals surface area (Å²) >= 11 is 0. The van der Waals surface area contributed by atoms with E-state index in [0.29, 0.717) is 6.79 Å². The number of fused-ring (bicyclic) bond motifs is 1. The second-order valence-corrected chi connectivity index (χ2v) is 5.88. The lowest BCUT2D eigenvalue weighted by molar-refractivity contribution is -0.124. The van der Waals surface area contributed by atoms with Crippen molar-refractivity contribution in [3.63, 3.8) is 0 Å². The number of carbonyl (C=O) groups excluding carboxylic acids is 1. The van der Waals surface area contributed by atoms with E-state index in [4.69, 9.17) is 9.47 Å². The van der Waals surface area contributed by atoms with Crippen molar-refractivity contribution in [1.82, 2.24) is 5.32 Å². The molecule has 0 spiro atoms. The molecule has 1 saturated carbocycles. The summed E-state index contributed by atoms with van der Waals surface area (Å²) in [5, 5.41) is 3.09. The van der Waals surface area contributed by atoms with Crippen LogP contribution in [0.15, 0.2) is 18.2 Å². The molecule has 1 aromatic rings. The molecule has 4 heteroatoms. The van der Waals surface area contributed by atoms with Crippen LogP contribution in [0.3, 0.4) is 0 Å². The van der Waals surface area contributed by atoms with E-state index in [2.05, 4.69) is 17.4 Å². The number of nitrogens with one attached hydrogen (secondary N) is 1. The summed E-state index contributed by atoms with van der Waals surface area (Å²) < 4.78 is 10.8. The van der Waals surface area contributed by atoms with Crippen molar-refractivity contribution in [1.29, 1.82) is 0 Å². The Kier molecular flexibility index (Phi) is 3.32. The van der Waals surface area contributed by atoms with E-state index in [9.17, 15) is 4.79 Å². The van der Waals surface area contributed by atoms with Crippen molar-refractivity contribution < 1.29 is 14.3 Å². The van der Waals surface area contributed by atoms with Crippen LogP contribution in [0.2, 0.25) is 0 Å². The third kappa shape index (κ3) is 2.35. The molecule has 1 N–H and O–H groups in total. The molecule has 1 atom stereocenters. The molecule has 2 aliphatic rings. The Bertz CT molecular complexity index is 522. The van der Waals surface area contributed by atoms with Crippen LogP contribution in [0, 0.1) is 5.92 Å². The van der Waals surface area contributed by atoms with Crippen LogP contribution in [0.5, 0.6) is 11.5 Å². The van der Waals surface area contributed by atoms with E-state index in [1.54, 1.807) is 0 Å². The first kappa shape index (κ1) is 13.3. The molecular weight excluding hydrogens is 254 g/mol. The van der Waals surface area contributed by atoms with Crippen LogP contribution >= 0.6 is 0 Å². The Morgan fingerprint density at radius 1 is 1.35 bits per heavy atom.